The molecule has 0 radical (unpaired) electrons. The summed E-state index contributed by atoms with van der Waals surface area (Å²) >= 11 is 0. The largest absolute Gasteiger partial charge is 0.315 e. The first-order chi connectivity index (χ1) is 12.2. The average molecular weight is 329 g/mol. The molecule has 0 atom stereocenters. The van der Waals surface area contributed by atoms with Crippen LogP contribution in [0.1, 0.15) is 17.0 Å². The molecule has 1 aliphatic heterocycles. The molecule has 0 aliphatic carbocycles. The molecular formula is C21H19N3O. The molecule has 4 nitrogen and oxygen atoms in total. The van der Waals surface area contributed by atoms with E-state index in [9.17, 15) is 4.79 Å². The Labute approximate surface area is 147 Å². The highest BCUT2D eigenvalue weighted by atomic mass is 16.2. The van der Waals surface area contributed by atoms with Gasteiger partial charge in [-0.25, -0.2) is 9.97 Å². The van der Waals surface area contributed by atoms with E-state index < -0.39 is 0 Å². The van der Waals surface area contributed by atoms with Gasteiger partial charge in [0.15, 0.2) is 0 Å². The van der Waals surface area contributed by atoms with E-state index in [4.69, 9.17) is 0 Å². The van der Waals surface area contributed by atoms with Gasteiger partial charge >= 0.3 is 0 Å². The van der Waals surface area contributed by atoms with Gasteiger partial charge in [0.05, 0.1) is 6.42 Å². The third kappa shape index (κ3) is 3.15. The number of anilines is 1. The fourth-order valence-corrected chi connectivity index (χ4v) is 3.18. The molecule has 2 heterocycles. The molecule has 124 valence electrons. The van der Waals surface area contributed by atoms with Crippen molar-refractivity contribution >= 4 is 11.6 Å². The summed E-state index contributed by atoms with van der Waals surface area (Å²) < 4.78 is 0. The Morgan fingerprint density at radius 3 is 2.48 bits per heavy atom. The topological polar surface area (TPSA) is 46.1 Å². The van der Waals surface area contributed by atoms with Gasteiger partial charge in [-0.05, 0) is 35.2 Å². The molecule has 2 aromatic carbocycles. The molecule has 4 rings (SSSR count). The molecule has 1 aromatic heterocycles. The molecule has 1 amide bonds. The smallest absolute Gasteiger partial charge is 0.231 e. The fraction of sp³-hybridized carbons (Fsp3) is 0.190. The normalized spacial score (nSPS) is 13.2. The second-order valence-corrected chi connectivity index (χ2v) is 6.35. The molecule has 0 spiro atoms. The third-order valence-electron chi connectivity index (χ3n) is 4.68. The van der Waals surface area contributed by atoms with Crippen molar-refractivity contribution in [3.63, 3.8) is 0 Å². The Kier molecular flexibility index (Phi) is 4.02. The van der Waals surface area contributed by atoms with Gasteiger partial charge in [-0.3, -0.25) is 4.79 Å². The number of carbonyl (C=O) groups is 1. The van der Waals surface area contributed by atoms with Gasteiger partial charge in [0.1, 0.15) is 5.82 Å². The third-order valence-corrected chi connectivity index (χ3v) is 4.68. The predicted octanol–water partition coefficient (Wildman–Crippen LogP) is 3.45. The van der Waals surface area contributed by atoms with Crippen LogP contribution in [0.2, 0.25) is 0 Å². The molecule has 0 N–H and O–H groups in total. The van der Waals surface area contributed by atoms with Crippen molar-refractivity contribution in [3.05, 3.63) is 77.9 Å². The number of rotatable bonds is 4. The van der Waals surface area contributed by atoms with E-state index >= 15 is 0 Å². The van der Waals surface area contributed by atoms with Crippen LogP contribution in [0.15, 0.2) is 60.9 Å². The summed E-state index contributed by atoms with van der Waals surface area (Å²) in [5.41, 5.74) is 5.39. The highest BCUT2D eigenvalue weighted by Crippen LogP contribution is 2.31. The molecule has 0 unspecified atom stereocenters. The van der Waals surface area contributed by atoms with Crippen molar-refractivity contribution in [2.45, 2.75) is 19.3 Å². The molecular weight excluding hydrogens is 310 g/mol. The number of hydrogen-bond acceptors (Lipinski definition) is 3. The summed E-state index contributed by atoms with van der Waals surface area (Å²) in [5.74, 6) is 0.989. The number of likely N-dealkylation sites (N-methyl/N-ethyl adjacent to an activating group) is 1. The van der Waals surface area contributed by atoms with Crippen LogP contribution >= 0.6 is 0 Å². The van der Waals surface area contributed by atoms with Gasteiger partial charge in [-0.15, -0.1) is 0 Å². The second-order valence-electron chi connectivity index (χ2n) is 6.35. The number of amides is 1. The minimum Gasteiger partial charge on any atom is -0.315 e. The van der Waals surface area contributed by atoms with Crippen LogP contribution < -0.4 is 4.90 Å². The lowest BCUT2D eigenvalue weighted by Gasteiger charge is -2.10. The first-order valence-corrected chi connectivity index (χ1v) is 8.45. The Balaban J connectivity index is 1.49. The molecule has 0 saturated heterocycles. The SMILES string of the molecule is CN1C(=O)Cc2cc(-c3cnc(CCc4ccccc4)nc3)ccc21. The average Bonchev–Trinajstić information content (AvgIpc) is 2.95. The van der Waals surface area contributed by atoms with Crippen LogP contribution in [0, 0.1) is 0 Å². The number of aryl methyl sites for hydroxylation is 2. The highest BCUT2D eigenvalue weighted by Gasteiger charge is 2.23. The van der Waals surface area contributed by atoms with Crippen molar-refractivity contribution < 1.29 is 4.79 Å². The van der Waals surface area contributed by atoms with E-state index in [2.05, 4.69) is 40.3 Å². The summed E-state index contributed by atoms with van der Waals surface area (Å²) in [7, 11) is 1.82. The van der Waals surface area contributed by atoms with Crippen LogP contribution in [0.25, 0.3) is 11.1 Å². The standard InChI is InChI=1S/C21H19N3O/c1-24-19-9-8-16(11-17(19)12-21(24)25)18-13-22-20(23-14-18)10-7-15-5-3-2-4-6-15/h2-6,8-9,11,13-14H,7,10,12H2,1H3. The van der Waals surface area contributed by atoms with Crippen molar-refractivity contribution in [2.75, 3.05) is 11.9 Å². The number of hydrogen-bond donors (Lipinski definition) is 0. The maximum Gasteiger partial charge on any atom is 0.231 e. The lowest BCUT2D eigenvalue weighted by atomic mass is 10.0. The maximum atomic E-state index is 11.8. The summed E-state index contributed by atoms with van der Waals surface area (Å²) in [6.07, 6.45) is 5.97. The van der Waals surface area contributed by atoms with Crippen LogP contribution in [0.4, 0.5) is 5.69 Å². The molecule has 3 aromatic rings. The van der Waals surface area contributed by atoms with Gasteiger partial charge in [-0.1, -0.05) is 36.4 Å². The second kappa shape index (κ2) is 6.48. The lowest BCUT2D eigenvalue weighted by Crippen LogP contribution is -2.20. The quantitative estimate of drug-likeness (QED) is 0.736. The molecule has 4 heteroatoms. The van der Waals surface area contributed by atoms with E-state index in [-0.39, 0.29) is 5.91 Å². The van der Waals surface area contributed by atoms with Gasteiger partial charge in [0, 0.05) is 37.1 Å². The molecule has 0 fully saturated rings. The summed E-state index contributed by atoms with van der Waals surface area (Å²) in [6, 6.07) is 16.5. The van der Waals surface area contributed by atoms with Crippen LogP contribution in [0.3, 0.4) is 0 Å². The Hall–Kier alpha value is -3.01. The fourth-order valence-electron chi connectivity index (χ4n) is 3.18. The van der Waals surface area contributed by atoms with Gasteiger partial charge in [0.2, 0.25) is 5.91 Å². The lowest BCUT2D eigenvalue weighted by molar-refractivity contribution is -0.117. The van der Waals surface area contributed by atoms with Crippen LogP contribution in [-0.2, 0) is 24.1 Å². The molecule has 0 saturated carbocycles. The molecule has 1 aliphatic rings. The zero-order valence-corrected chi connectivity index (χ0v) is 14.1. The van der Waals surface area contributed by atoms with E-state index in [0.29, 0.717) is 6.42 Å². The van der Waals surface area contributed by atoms with E-state index in [1.165, 1.54) is 5.56 Å². The summed E-state index contributed by atoms with van der Waals surface area (Å²) in [4.78, 5) is 22.5. The van der Waals surface area contributed by atoms with Crippen molar-refractivity contribution in [2.24, 2.45) is 0 Å². The van der Waals surface area contributed by atoms with Crippen LogP contribution in [-0.4, -0.2) is 22.9 Å². The number of fused-ring (bicyclic) bond motifs is 1. The van der Waals surface area contributed by atoms with E-state index in [1.807, 2.05) is 37.6 Å². The number of nitrogens with zero attached hydrogens (tertiary/aromatic N) is 3. The van der Waals surface area contributed by atoms with Crippen molar-refractivity contribution in [1.82, 2.24) is 9.97 Å². The van der Waals surface area contributed by atoms with E-state index in [0.717, 1.165) is 41.0 Å². The predicted molar refractivity (Wildman–Crippen MR) is 98.4 cm³/mol. The van der Waals surface area contributed by atoms with Crippen LogP contribution in [0.5, 0.6) is 0 Å². The van der Waals surface area contributed by atoms with Gasteiger partial charge < -0.3 is 4.90 Å². The molecule has 25 heavy (non-hydrogen) atoms. The first-order valence-electron chi connectivity index (χ1n) is 8.45. The van der Waals surface area contributed by atoms with Crippen molar-refractivity contribution in [3.8, 4) is 11.1 Å². The zero-order chi connectivity index (χ0) is 17.2. The minimum absolute atomic E-state index is 0.139. The Morgan fingerprint density at radius 2 is 1.72 bits per heavy atom. The monoisotopic (exact) mass is 329 g/mol. The summed E-state index contributed by atoms with van der Waals surface area (Å²) in [5, 5.41) is 0. The van der Waals surface area contributed by atoms with E-state index in [1.54, 1.807) is 4.90 Å². The Bertz CT molecular complexity index is 904. The number of carbonyl (C=O) groups excluding carboxylic acids is 1. The van der Waals surface area contributed by atoms with Gasteiger partial charge in [-0.2, -0.15) is 0 Å². The maximum absolute atomic E-state index is 11.8. The number of benzene rings is 2. The van der Waals surface area contributed by atoms with Crippen molar-refractivity contribution in [1.29, 1.82) is 0 Å². The highest BCUT2D eigenvalue weighted by molar-refractivity contribution is 6.01. The number of aromatic nitrogens is 2. The van der Waals surface area contributed by atoms with Gasteiger partial charge in [0.25, 0.3) is 0 Å². The zero-order valence-electron chi connectivity index (χ0n) is 14.1. The Morgan fingerprint density at radius 1 is 0.960 bits per heavy atom. The molecule has 0 bridgehead atoms. The first kappa shape index (κ1) is 15.5. The summed E-state index contributed by atoms with van der Waals surface area (Å²) in [6.45, 7) is 0. The minimum atomic E-state index is 0.139.